The van der Waals surface area contributed by atoms with Crippen molar-refractivity contribution in [2.24, 2.45) is 0 Å². The number of nitrogens with zero attached hydrogens (tertiary/aromatic N) is 5. The maximum absolute atomic E-state index is 13.4. The van der Waals surface area contributed by atoms with E-state index in [1.54, 1.807) is 23.5 Å². The second kappa shape index (κ2) is 12.1. The Labute approximate surface area is 240 Å². The van der Waals surface area contributed by atoms with Crippen LogP contribution in [-0.2, 0) is 15.9 Å². The number of rotatable bonds is 7. The summed E-state index contributed by atoms with van der Waals surface area (Å²) in [4.78, 5) is 42.8. The van der Waals surface area contributed by atoms with Crippen molar-refractivity contribution >= 4 is 29.1 Å². The van der Waals surface area contributed by atoms with Crippen LogP contribution in [0.1, 0.15) is 43.2 Å². The zero-order chi connectivity index (χ0) is 29.0. The van der Waals surface area contributed by atoms with Crippen molar-refractivity contribution in [2.45, 2.75) is 45.3 Å². The first-order valence-corrected chi connectivity index (χ1v) is 13.9. The highest BCUT2D eigenvalue weighted by molar-refractivity contribution is 6.00. The molecule has 3 N–H and O–H groups in total. The lowest BCUT2D eigenvalue weighted by Gasteiger charge is -2.30. The average Bonchev–Trinajstić information content (AvgIpc) is 3.42. The SMILES string of the molecule is CC(C)(C)OC(=O)N1CC[C@@H](Nc2ccc(-c3cnc(N)c(C(=O)Cc4cnccc4N4CCOCC4)n3)cc2)C1. The van der Waals surface area contributed by atoms with Gasteiger partial charge in [-0.2, -0.15) is 0 Å². The lowest BCUT2D eigenvalue weighted by Crippen LogP contribution is -2.37. The molecule has 0 bridgehead atoms. The molecular weight excluding hydrogens is 522 g/mol. The van der Waals surface area contributed by atoms with Crippen LogP contribution in [0.4, 0.5) is 22.0 Å². The number of anilines is 3. The number of nitrogens with one attached hydrogen (secondary N) is 1. The molecule has 2 aliphatic heterocycles. The van der Waals surface area contributed by atoms with Gasteiger partial charge in [-0.05, 0) is 45.4 Å². The zero-order valence-electron chi connectivity index (χ0n) is 23.8. The minimum Gasteiger partial charge on any atom is -0.444 e. The maximum atomic E-state index is 13.4. The molecule has 2 aliphatic rings. The second-order valence-electron chi connectivity index (χ2n) is 11.3. The van der Waals surface area contributed by atoms with E-state index >= 15 is 0 Å². The third-order valence-corrected chi connectivity index (χ3v) is 7.04. The van der Waals surface area contributed by atoms with E-state index in [1.807, 2.05) is 51.1 Å². The molecular formula is C30H37N7O4. The topological polar surface area (TPSA) is 136 Å². The molecule has 2 aromatic heterocycles. The van der Waals surface area contributed by atoms with Crippen LogP contribution in [0.5, 0.6) is 0 Å². The van der Waals surface area contributed by atoms with Crippen LogP contribution in [0.2, 0.25) is 0 Å². The number of ketones is 1. The lowest BCUT2D eigenvalue weighted by molar-refractivity contribution is 0.0293. The summed E-state index contributed by atoms with van der Waals surface area (Å²) >= 11 is 0. The minimum absolute atomic E-state index is 0.102. The first kappa shape index (κ1) is 28.3. The van der Waals surface area contributed by atoms with Crippen molar-refractivity contribution < 1.29 is 19.1 Å². The molecule has 11 nitrogen and oxygen atoms in total. The first-order valence-electron chi connectivity index (χ1n) is 13.9. The molecule has 4 heterocycles. The Hall–Kier alpha value is -4.25. The summed E-state index contributed by atoms with van der Waals surface area (Å²) in [5.41, 5.74) is 9.83. The number of hydrogen-bond donors (Lipinski definition) is 2. The normalized spacial score (nSPS) is 17.4. The number of aromatic nitrogens is 3. The number of carbonyl (C=O) groups is 2. The molecule has 0 radical (unpaired) electrons. The van der Waals surface area contributed by atoms with Crippen molar-refractivity contribution in [3.05, 3.63) is 60.2 Å². The molecule has 11 heteroatoms. The smallest absolute Gasteiger partial charge is 0.410 e. The molecule has 2 fully saturated rings. The number of amides is 1. The van der Waals surface area contributed by atoms with E-state index in [0.717, 1.165) is 42.0 Å². The Kier molecular flexibility index (Phi) is 8.34. The predicted molar refractivity (Wildman–Crippen MR) is 157 cm³/mol. The fraction of sp³-hybridized carbons (Fsp3) is 0.433. The summed E-state index contributed by atoms with van der Waals surface area (Å²) in [6, 6.07) is 9.81. The van der Waals surface area contributed by atoms with Gasteiger partial charge in [-0.1, -0.05) is 12.1 Å². The maximum Gasteiger partial charge on any atom is 0.410 e. The van der Waals surface area contributed by atoms with Gasteiger partial charge in [-0.3, -0.25) is 9.78 Å². The number of hydrogen-bond acceptors (Lipinski definition) is 10. The highest BCUT2D eigenvalue weighted by Crippen LogP contribution is 2.26. The number of nitrogens with two attached hydrogens (primary N) is 1. The summed E-state index contributed by atoms with van der Waals surface area (Å²) in [6.45, 7) is 9.65. The number of benzene rings is 1. The monoisotopic (exact) mass is 559 g/mol. The van der Waals surface area contributed by atoms with Crippen LogP contribution >= 0.6 is 0 Å². The highest BCUT2D eigenvalue weighted by Gasteiger charge is 2.29. The van der Waals surface area contributed by atoms with E-state index in [9.17, 15) is 9.59 Å². The molecule has 3 aromatic rings. The third kappa shape index (κ3) is 7.10. The number of carbonyl (C=O) groups excluding carboxylic acids is 2. The molecule has 1 amide bonds. The Bertz CT molecular complexity index is 1380. The van der Waals surface area contributed by atoms with E-state index in [1.165, 1.54) is 0 Å². The fourth-order valence-electron chi connectivity index (χ4n) is 5.01. The standard InChI is InChI=1S/C30H37N7O4/c1-30(2,3)41-29(39)37-11-9-23(19-37)34-22-6-4-20(5-7-22)24-18-33-28(31)27(35-24)26(38)16-21-17-32-10-8-25(21)36-12-14-40-15-13-36/h4-8,10,17-18,23,34H,9,11-16,19H2,1-3H3,(H2,31,33)/t23-/m1/s1. The van der Waals surface area contributed by atoms with Crippen molar-refractivity contribution in [1.82, 2.24) is 19.9 Å². The fourth-order valence-corrected chi connectivity index (χ4v) is 5.01. The summed E-state index contributed by atoms with van der Waals surface area (Å²) in [5, 5.41) is 3.49. The quantitative estimate of drug-likeness (QED) is 0.411. The molecule has 1 atom stereocenters. The third-order valence-electron chi connectivity index (χ3n) is 7.04. The minimum atomic E-state index is -0.515. The van der Waals surface area contributed by atoms with Gasteiger partial charge in [0.05, 0.1) is 25.1 Å². The van der Waals surface area contributed by atoms with Crippen LogP contribution in [0.15, 0.2) is 48.9 Å². The van der Waals surface area contributed by atoms with E-state index in [0.29, 0.717) is 32.0 Å². The second-order valence-corrected chi connectivity index (χ2v) is 11.3. The summed E-state index contributed by atoms with van der Waals surface area (Å²) in [5.74, 6) is -0.113. The van der Waals surface area contributed by atoms with Gasteiger partial charge in [-0.25, -0.2) is 14.8 Å². The molecule has 0 unspecified atom stereocenters. The van der Waals surface area contributed by atoms with E-state index in [2.05, 4.69) is 25.2 Å². The van der Waals surface area contributed by atoms with Gasteiger partial charge < -0.3 is 30.3 Å². The van der Waals surface area contributed by atoms with E-state index in [-0.39, 0.29) is 35.9 Å². The van der Waals surface area contributed by atoms with Gasteiger partial charge in [0.15, 0.2) is 11.6 Å². The van der Waals surface area contributed by atoms with Crippen LogP contribution in [-0.4, -0.2) is 82.8 Å². The van der Waals surface area contributed by atoms with Crippen molar-refractivity contribution in [2.75, 3.05) is 55.3 Å². The Balaban J connectivity index is 1.24. The van der Waals surface area contributed by atoms with E-state index in [4.69, 9.17) is 15.2 Å². The Morgan fingerprint density at radius 1 is 1.10 bits per heavy atom. The van der Waals surface area contributed by atoms with Crippen LogP contribution in [0.25, 0.3) is 11.3 Å². The molecule has 216 valence electrons. The van der Waals surface area contributed by atoms with Crippen molar-refractivity contribution in [3.8, 4) is 11.3 Å². The van der Waals surface area contributed by atoms with Gasteiger partial charge in [-0.15, -0.1) is 0 Å². The van der Waals surface area contributed by atoms with Crippen LogP contribution < -0.4 is 16.0 Å². The first-order chi connectivity index (χ1) is 19.7. The summed E-state index contributed by atoms with van der Waals surface area (Å²) in [7, 11) is 0. The number of morpholine rings is 1. The van der Waals surface area contributed by atoms with Gasteiger partial charge in [0.1, 0.15) is 11.3 Å². The molecule has 5 rings (SSSR count). The molecule has 1 aromatic carbocycles. The van der Waals surface area contributed by atoms with Gasteiger partial charge in [0, 0.05) is 73.5 Å². The van der Waals surface area contributed by atoms with Gasteiger partial charge in [0.2, 0.25) is 0 Å². The molecule has 0 saturated carbocycles. The van der Waals surface area contributed by atoms with E-state index < -0.39 is 5.60 Å². The summed E-state index contributed by atoms with van der Waals surface area (Å²) in [6.07, 6.45) is 5.70. The van der Waals surface area contributed by atoms with Gasteiger partial charge >= 0.3 is 6.09 Å². The van der Waals surface area contributed by atoms with Crippen molar-refractivity contribution in [1.29, 1.82) is 0 Å². The number of Topliss-reactive ketones (excluding diaryl/α,β-unsaturated/α-hetero) is 1. The molecule has 2 saturated heterocycles. The number of ether oxygens (including phenoxy) is 2. The van der Waals surface area contributed by atoms with Crippen LogP contribution in [0, 0.1) is 0 Å². The highest BCUT2D eigenvalue weighted by atomic mass is 16.6. The Morgan fingerprint density at radius 2 is 1.85 bits per heavy atom. The lowest BCUT2D eigenvalue weighted by atomic mass is 10.1. The predicted octanol–water partition coefficient (Wildman–Crippen LogP) is 3.80. The number of likely N-dealkylation sites (tertiary alicyclic amines) is 1. The van der Waals surface area contributed by atoms with Crippen molar-refractivity contribution in [3.63, 3.8) is 0 Å². The van der Waals surface area contributed by atoms with Crippen LogP contribution in [0.3, 0.4) is 0 Å². The zero-order valence-corrected chi connectivity index (χ0v) is 23.8. The van der Waals surface area contributed by atoms with Gasteiger partial charge in [0.25, 0.3) is 0 Å². The average molecular weight is 560 g/mol. The molecule has 0 spiro atoms. The number of nitrogen functional groups attached to an aromatic ring is 1. The molecule has 0 aliphatic carbocycles. The largest absolute Gasteiger partial charge is 0.444 e. The summed E-state index contributed by atoms with van der Waals surface area (Å²) < 4.78 is 11.0. The number of pyridine rings is 1. The molecule has 41 heavy (non-hydrogen) atoms. The Morgan fingerprint density at radius 3 is 2.59 bits per heavy atom.